The van der Waals surface area contributed by atoms with Crippen LogP contribution >= 0.6 is 0 Å². The van der Waals surface area contributed by atoms with Gasteiger partial charge in [0.15, 0.2) is 0 Å². The average molecular weight is 310 g/mol. The molecule has 3 heterocycles. The second-order valence-electron chi connectivity index (χ2n) is 7.00. The Morgan fingerprint density at radius 2 is 2.14 bits per heavy atom. The fraction of sp³-hybridized carbons (Fsp3) is 0.941. The van der Waals surface area contributed by atoms with E-state index in [4.69, 9.17) is 9.47 Å². The van der Waals surface area contributed by atoms with E-state index in [0.717, 1.165) is 32.5 Å². The molecule has 126 valence electrons. The summed E-state index contributed by atoms with van der Waals surface area (Å²) in [5.74, 6) is 0.255. The summed E-state index contributed by atoms with van der Waals surface area (Å²) in [7, 11) is 0. The molecule has 22 heavy (non-hydrogen) atoms. The zero-order valence-electron chi connectivity index (χ0n) is 13.8. The number of hydrogen-bond acceptors (Lipinski definition) is 4. The molecule has 3 saturated heterocycles. The SMILES string of the molecule is C[C@@H]1CN2CCCC[C@@H]2CN1C(=O)CCOC[C@H]1CCCO1. The van der Waals surface area contributed by atoms with Crippen LogP contribution in [0.2, 0.25) is 0 Å². The third kappa shape index (κ3) is 4.00. The zero-order valence-corrected chi connectivity index (χ0v) is 13.8. The molecule has 0 unspecified atom stereocenters. The Hall–Kier alpha value is -0.650. The molecule has 0 N–H and O–H groups in total. The van der Waals surface area contributed by atoms with Crippen molar-refractivity contribution in [3.8, 4) is 0 Å². The van der Waals surface area contributed by atoms with Gasteiger partial charge in [-0.1, -0.05) is 6.42 Å². The van der Waals surface area contributed by atoms with Gasteiger partial charge in [-0.15, -0.1) is 0 Å². The van der Waals surface area contributed by atoms with Gasteiger partial charge in [-0.25, -0.2) is 0 Å². The Balaban J connectivity index is 1.39. The molecule has 3 aliphatic rings. The highest BCUT2D eigenvalue weighted by Crippen LogP contribution is 2.24. The summed E-state index contributed by atoms with van der Waals surface area (Å²) in [5.41, 5.74) is 0. The second-order valence-corrected chi connectivity index (χ2v) is 7.00. The highest BCUT2D eigenvalue weighted by molar-refractivity contribution is 5.76. The van der Waals surface area contributed by atoms with Crippen molar-refractivity contribution in [2.75, 3.05) is 39.5 Å². The fourth-order valence-corrected chi connectivity index (χ4v) is 3.99. The third-order valence-corrected chi connectivity index (χ3v) is 5.30. The number of carbonyl (C=O) groups excluding carboxylic acids is 1. The molecule has 3 fully saturated rings. The smallest absolute Gasteiger partial charge is 0.225 e. The van der Waals surface area contributed by atoms with Gasteiger partial charge >= 0.3 is 0 Å². The van der Waals surface area contributed by atoms with E-state index in [-0.39, 0.29) is 12.0 Å². The van der Waals surface area contributed by atoms with Gasteiger partial charge in [-0.2, -0.15) is 0 Å². The van der Waals surface area contributed by atoms with E-state index in [9.17, 15) is 4.79 Å². The number of hydrogen-bond donors (Lipinski definition) is 0. The lowest BCUT2D eigenvalue weighted by atomic mass is 9.97. The van der Waals surface area contributed by atoms with Crippen LogP contribution in [0.25, 0.3) is 0 Å². The van der Waals surface area contributed by atoms with Crippen molar-refractivity contribution in [3.05, 3.63) is 0 Å². The minimum absolute atomic E-state index is 0.250. The van der Waals surface area contributed by atoms with Gasteiger partial charge in [-0.3, -0.25) is 9.69 Å². The summed E-state index contributed by atoms with van der Waals surface area (Å²) in [4.78, 5) is 17.1. The molecule has 0 saturated carbocycles. The lowest BCUT2D eigenvalue weighted by Gasteiger charge is -2.47. The molecule has 0 spiro atoms. The van der Waals surface area contributed by atoms with Crippen molar-refractivity contribution < 1.29 is 14.3 Å². The topological polar surface area (TPSA) is 42.0 Å². The summed E-state index contributed by atoms with van der Waals surface area (Å²) >= 11 is 0. The van der Waals surface area contributed by atoms with Gasteiger partial charge in [0.25, 0.3) is 0 Å². The van der Waals surface area contributed by atoms with Crippen LogP contribution in [0.3, 0.4) is 0 Å². The Kier molecular flexibility index (Phi) is 5.71. The molecule has 5 heteroatoms. The number of fused-ring (bicyclic) bond motifs is 1. The molecule has 0 aromatic rings. The van der Waals surface area contributed by atoms with Crippen LogP contribution in [0.4, 0.5) is 0 Å². The average Bonchev–Trinajstić information content (AvgIpc) is 3.04. The minimum atomic E-state index is 0.250. The van der Waals surface area contributed by atoms with Crippen molar-refractivity contribution in [3.63, 3.8) is 0 Å². The van der Waals surface area contributed by atoms with Crippen molar-refractivity contribution in [1.82, 2.24) is 9.80 Å². The predicted octanol–water partition coefficient (Wildman–Crippen LogP) is 1.66. The minimum Gasteiger partial charge on any atom is -0.378 e. The molecule has 0 aromatic heterocycles. The molecule has 0 aliphatic carbocycles. The highest BCUT2D eigenvalue weighted by atomic mass is 16.5. The van der Waals surface area contributed by atoms with Crippen LogP contribution in [-0.4, -0.2) is 73.3 Å². The monoisotopic (exact) mass is 310 g/mol. The van der Waals surface area contributed by atoms with Gasteiger partial charge in [0.05, 0.1) is 25.7 Å². The van der Waals surface area contributed by atoms with Crippen molar-refractivity contribution >= 4 is 5.91 Å². The molecular formula is C17H30N2O3. The first-order chi connectivity index (χ1) is 10.7. The van der Waals surface area contributed by atoms with Crippen LogP contribution in [-0.2, 0) is 14.3 Å². The Morgan fingerprint density at radius 3 is 2.95 bits per heavy atom. The van der Waals surface area contributed by atoms with Crippen LogP contribution < -0.4 is 0 Å². The largest absolute Gasteiger partial charge is 0.378 e. The number of piperazine rings is 1. The van der Waals surface area contributed by atoms with Crippen LogP contribution in [0.5, 0.6) is 0 Å². The maximum atomic E-state index is 12.5. The van der Waals surface area contributed by atoms with E-state index in [1.165, 1.54) is 25.8 Å². The molecule has 3 aliphatic heterocycles. The van der Waals surface area contributed by atoms with Gasteiger partial charge in [0.2, 0.25) is 5.91 Å². The first-order valence-corrected chi connectivity index (χ1v) is 8.97. The van der Waals surface area contributed by atoms with E-state index in [2.05, 4.69) is 16.7 Å². The summed E-state index contributed by atoms with van der Waals surface area (Å²) in [6, 6.07) is 0.918. The number of nitrogens with zero attached hydrogens (tertiary/aromatic N) is 2. The molecule has 3 rings (SSSR count). The third-order valence-electron chi connectivity index (χ3n) is 5.30. The van der Waals surface area contributed by atoms with Crippen molar-refractivity contribution in [1.29, 1.82) is 0 Å². The molecule has 0 radical (unpaired) electrons. The predicted molar refractivity (Wildman–Crippen MR) is 84.8 cm³/mol. The maximum absolute atomic E-state index is 12.5. The molecule has 3 atom stereocenters. The number of rotatable bonds is 5. The molecule has 0 aromatic carbocycles. The number of carbonyl (C=O) groups is 1. The van der Waals surface area contributed by atoms with Crippen molar-refractivity contribution in [2.45, 2.75) is 63.6 Å². The van der Waals surface area contributed by atoms with E-state index in [1.54, 1.807) is 0 Å². The Labute approximate surface area is 133 Å². The number of amides is 1. The summed E-state index contributed by atoms with van der Waals surface area (Å²) in [6.07, 6.45) is 6.84. The highest BCUT2D eigenvalue weighted by Gasteiger charge is 2.34. The van der Waals surface area contributed by atoms with Crippen LogP contribution in [0.15, 0.2) is 0 Å². The normalized spacial score (nSPS) is 33.0. The van der Waals surface area contributed by atoms with Crippen molar-refractivity contribution in [2.24, 2.45) is 0 Å². The first kappa shape index (κ1) is 16.2. The lowest BCUT2D eigenvalue weighted by molar-refractivity contribution is -0.139. The summed E-state index contributed by atoms with van der Waals surface area (Å²) in [6.45, 7) is 7.35. The standard InChI is InChI=1S/C17H30N2O3/c1-14-11-18-8-3-2-5-15(18)12-19(14)17(20)7-10-21-13-16-6-4-9-22-16/h14-16H,2-13H2,1H3/t14-,15-,16-/m1/s1. The molecular weight excluding hydrogens is 280 g/mol. The molecule has 0 bridgehead atoms. The van der Waals surface area contributed by atoms with E-state index in [0.29, 0.717) is 31.7 Å². The first-order valence-electron chi connectivity index (χ1n) is 8.97. The Bertz CT molecular complexity index is 371. The fourth-order valence-electron chi connectivity index (χ4n) is 3.99. The number of piperidine rings is 1. The summed E-state index contributed by atoms with van der Waals surface area (Å²) in [5, 5.41) is 0. The van der Waals surface area contributed by atoms with Gasteiger partial charge in [0.1, 0.15) is 0 Å². The van der Waals surface area contributed by atoms with Crippen LogP contribution in [0, 0.1) is 0 Å². The van der Waals surface area contributed by atoms with Gasteiger partial charge < -0.3 is 14.4 Å². The second kappa shape index (κ2) is 7.75. The summed E-state index contributed by atoms with van der Waals surface area (Å²) < 4.78 is 11.2. The van der Waals surface area contributed by atoms with Gasteiger partial charge in [0, 0.05) is 31.8 Å². The maximum Gasteiger partial charge on any atom is 0.225 e. The zero-order chi connectivity index (χ0) is 15.4. The molecule has 5 nitrogen and oxygen atoms in total. The van der Waals surface area contributed by atoms with Crippen LogP contribution in [0.1, 0.15) is 45.4 Å². The van der Waals surface area contributed by atoms with E-state index in [1.807, 2.05) is 0 Å². The molecule has 1 amide bonds. The van der Waals surface area contributed by atoms with E-state index >= 15 is 0 Å². The van der Waals surface area contributed by atoms with Gasteiger partial charge in [-0.05, 0) is 39.2 Å². The van der Waals surface area contributed by atoms with E-state index < -0.39 is 0 Å². The quantitative estimate of drug-likeness (QED) is 0.724. The number of ether oxygens (including phenoxy) is 2. The lowest BCUT2D eigenvalue weighted by Crippen LogP contribution is -2.60. The Morgan fingerprint density at radius 1 is 1.23 bits per heavy atom.